The van der Waals surface area contributed by atoms with Crippen molar-refractivity contribution >= 4 is 53.9 Å². The van der Waals surface area contributed by atoms with Gasteiger partial charge in [0.15, 0.2) is 17.5 Å². The fraction of sp³-hybridized carbons (Fsp3) is 0. The van der Waals surface area contributed by atoms with Gasteiger partial charge in [-0.05, 0) is 107 Å². The predicted octanol–water partition coefficient (Wildman–Crippen LogP) is 12.3. The molecule has 0 amide bonds. The summed E-state index contributed by atoms with van der Waals surface area (Å²) in [5.74, 6) is 1.96. The number of benzene rings is 9. The number of aromatic nitrogens is 3. The Morgan fingerprint density at radius 1 is 0.200 bits per heavy atom. The third-order valence-electron chi connectivity index (χ3n) is 9.79. The molecule has 0 bridgehead atoms. The number of hydrogen-bond donors (Lipinski definition) is 0. The van der Waals surface area contributed by atoms with Crippen LogP contribution in [0, 0.1) is 0 Å². The Kier molecular flexibility index (Phi) is 6.49. The molecule has 0 spiro atoms. The lowest BCUT2D eigenvalue weighted by Crippen LogP contribution is -2.00. The van der Waals surface area contributed by atoms with Gasteiger partial charge in [-0.3, -0.25) is 0 Å². The van der Waals surface area contributed by atoms with Crippen LogP contribution in [0.1, 0.15) is 0 Å². The molecule has 0 fully saturated rings. The van der Waals surface area contributed by atoms with Crippen LogP contribution in [0.4, 0.5) is 0 Å². The van der Waals surface area contributed by atoms with Crippen LogP contribution in [0.5, 0.6) is 0 Å². The summed E-state index contributed by atoms with van der Waals surface area (Å²) in [6.45, 7) is 0. The zero-order valence-corrected chi connectivity index (χ0v) is 27.1. The van der Waals surface area contributed by atoms with E-state index in [1.165, 1.54) is 48.8 Å². The Labute approximate surface area is 289 Å². The molecular formula is C47H29N3. The van der Waals surface area contributed by atoms with E-state index in [2.05, 4.69) is 176 Å². The Morgan fingerprint density at radius 2 is 0.460 bits per heavy atom. The van der Waals surface area contributed by atoms with E-state index < -0.39 is 0 Å². The Balaban J connectivity index is 1.10. The van der Waals surface area contributed by atoms with Crippen molar-refractivity contribution in [3.63, 3.8) is 0 Å². The molecule has 50 heavy (non-hydrogen) atoms. The molecule has 0 atom stereocenters. The van der Waals surface area contributed by atoms with Crippen LogP contribution in [0.15, 0.2) is 176 Å². The lowest BCUT2D eigenvalue weighted by atomic mass is 9.98. The minimum absolute atomic E-state index is 0.650. The second-order valence-corrected chi connectivity index (χ2v) is 13.0. The first-order chi connectivity index (χ1) is 24.7. The third kappa shape index (κ3) is 5.04. The van der Waals surface area contributed by atoms with Crippen molar-refractivity contribution in [3.8, 4) is 45.3 Å². The molecule has 0 aliphatic carbocycles. The fourth-order valence-corrected chi connectivity index (χ4v) is 7.10. The lowest BCUT2D eigenvalue weighted by molar-refractivity contribution is 1.08. The summed E-state index contributed by atoms with van der Waals surface area (Å²) < 4.78 is 0. The van der Waals surface area contributed by atoms with Crippen LogP contribution < -0.4 is 0 Å². The maximum absolute atomic E-state index is 5.11. The largest absolute Gasteiger partial charge is 0.208 e. The minimum atomic E-state index is 0.650. The number of nitrogens with zero attached hydrogens (tertiary/aromatic N) is 3. The van der Waals surface area contributed by atoms with Crippen LogP contribution in [0.25, 0.3) is 99.2 Å². The molecule has 0 saturated carbocycles. The maximum Gasteiger partial charge on any atom is 0.164 e. The van der Waals surface area contributed by atoms with E-state index in [-0.39, 0.29) is 0 Å². The molecule has 0 unspecified atom stereocenters. The number of rotatable bonds is 4. The van der Waals surface area contributed by atoms with Crippen LogP contribution in [0.2, 0.25) is 0 Å². The van der Waals surface area contributed by atoms with Gasteiger partial charge in [-0.25, -0.2) is 15.0 Å². The summed E-state index contributed by atoms with van der Waals surface area (Å²) in [5.41, 5.74) is 5.27. The molecule has 10 aromatic rings. The van der Waals surface area contributed by atoms with E-state index in [1.54, 1.807) is 0 Å². The van der Waals surface area contributed by atoms with Crippen molar-refractivity contribution in [2.75, 3.05) is 0 Å². The van der Waals surface area contributed by atoms with Gasteiger partial charge in [0, 0.05) is 16.7 Å². The van der Waals surface area contributed by atoms with E-state index in [4.69, 9.17) is 15.0 Å². The second-order valence-electron chi connectivity index (χ2n) is 13.0. The van der Waals surface area contributed by atoms with Crippen molar-refractivity contribution in [2.45, 2.75) is 0 Å². The second kappa shape index (κ2) is 11.5. The van der Waals surface area contributed by atoms with Gasteiger partial charge in [-0.15, -0.1) is 0 Å². The first kappa shape index (κ1) is 28.3. The zero-order chi connectivity index (χ0) is 33.0. The molecule has 0 radical (unpaired) electrons. The molecule has 1 heterocycles. The van der Waals surface area contributed by atoms with Crippen LogP contribution >= 0.6 is 0 Å². The maximum atomic E-state index is 5.11. The van der Waals surface area contributed by atoms with E-state index in [1.807, 2.05) is 0 Å². The van der Waals surface area contributed by atoms with E-state index in [0.717, 1.165) is 32.8 Å². The molecule has 3 nitrogen and oxygen atoms in total. The zero-order valence-electron chi connectivity index (χ0n) is 27.1. The van der Waals surface area contributed by atoms with Crippen LogP contribution in [0.3, 0.4) is 0 Å². The molecule has 9 aromatic carbocycles. The van der Waals surface area contributed by atoms with Gasteiger partial charge in [0.1, 0.15) is 0 Å². The van der Waals surface area contributed by atoms with E-state index in [0.29, 0.717) is 17.5 Å². The lowest BCUT2D eigenvalue weighted by Gasteiger charge is -2.11. The van der Waals surface area contributed by atoms with Gasteiger partial charge in [-0.2, -0.15) is 0 Å². The van der Waals surface area contributed by atoms with Gasteiger partial charge >= 0.3 is 0 Å². The highest BCUT2D eigenvalue weighted by Crippen LogP contribution is 2.33. The molecule has 0 saturated heterocycles. The topological polar surface area (TPSA) is 38.7 Å². The monoisotopic (exact) mass is 635 g/mol. The summed E-state index contributed by atoms with van der Waals surface area (Å²) in [4.78, 5) is 15.3. The van der Waals surface area contributed by atoms with Gasteiger partial charge in [-0.1, -0.05) is 133 Å². The Morgan fingerprint density at radius 3 is 0.900 bits per heavy atom. The van der Waals surface area contributed by atoms with E-state index >= 15 is 0 Å². The van der Waals surface area contributed by atoms with Crippen molar-refractivity contribution in [2.24, 2.45) is 0 Å². The average molecular weight is 636 g/mol. The third-order valence-corrected chi connectivity index (χ3v) is 9.79. The summed E-state index contributed by atoms with van der Waals surface area (Å²) in [6, 6.07) is 62.6. The highest BCUT2D eigenvalue weighted by atomic mass is 15.0. The van der Waals surface area contributed by atoms with Crippen molar-refractivity contribution in [3.05, 3.63) is 176 Å². The minimum Gasteiger partial charge on any atom is -0.208 e. The van der Waals surface area contributed by atoms with Crippen molar-refractivity contribution in [1.82, 2.24) is 15.0 Å². The van der Waals surface area contributed by atoms with Gasteiger partial charge in [0.25, 0.3) is 0 Å². The number of fused-ring (bicyclic) bond motifs is 5. The Bertz CT molecular complexity index is 2940. The summed E-state index contributed by atoms with van der Waals surface area (Å²) in [6.07, 6.45) is 0. The number of hydrogen-bond acceptors (Lipinski definition) is 3. The van der Waals surface area contributed by atoms with Crippen molar-refractivity contribution < 1.29 is 0 Å². The molecule has 10 rings (SSSR count). The average Bonchev–Trinajstić information content (AvgIpc) is 3.19. The van der Waals surface area contributed by atoms with Crippen molar-refractivity contribution in [1.29, 1.82) is 0 Å². The quantitative estimate of drug-likeness (QED) is 0.181. The molecule has 232 valence electrons. The summed E-state index contributed by atoms with van der Waals surface area (Å²) in [5, 5.41) is 11.9. The van der Waals surface area contributed by atoms with Crippen LogP contribution in [-0.2, 0) is 0 Å². The molecule has 0 aliphatic heterocycles. The van der Waals surface area contributed by atoms with E-state index in [9.17, 15) is 0 Å². The molecule has 0 N–H and O–H groups in total. The smallest absolute Gasteiger partial charge is 0.164 e. The predicted molar refractivity (Wildman–Crippen MR) is 209 cm³/mol. The fourth-order valence-electron chi connectivity index (χ4n) is 7.10. The molecule has 3 heteroatoms. The first-order valence-corrected chi connectivity index (χ1v) is 16.9. The molecular weight excluding hydrogens is 607 g/mol. The van der Waals surface area contributed by atoms with Gasteiger partial charge in [0.05, 0.1) is 0 Å². The summed E-state index contributed by atoms with van der Waals surface area (Å²) >= 11 is 0. The Hall–Kier alpha value is -6.71. The van der Waals surface area contributed by atoms with Gasteiger partial charge < -0.3 is 0 Å². The standard InChI is InChI=1S/C47H29N3/c1-3-9-32-23-36(15-13-30(32)7-1)37-16-17-39-27-42(21-18-38(39)25-37)46-48-45(41-20-14-31-8-2-4-10-33(31)26-41)49-47(50-46)43-22-19-40-24-34-11-5-6-12-35(34)28-44(40)29-43/h1-29H. The summed E-state index contributed by atoms with van der Waals surface area (Å²) in [7, 11) is 0. The molecule has 0 aliphatic rings. The molecule has 1 aromatic heterocycles. The van der Waals surface area contributed by atoms with Crippen LogP contribution in [-0.4, -0.2) is 15.0 Å². The highest BCUT2D eigenvalue weighted by molar-refractivity contribution is 6.00. The SMILES string of the molecule is c1ccc2cc(-c3ccc4cc(-c5nc(-c6ccc7ccccc7c6)nc(-c6ccc7cc8ccccc8cc7c6)n5)ccc4c3)ccc2c1. The van der Waals surface area contributed by atoms with Gasteiger partial charge in [0.2, 0.25) is 0 Å². The highest BCUT2D eigenvalue weighted by Gasteiger charge is 2.14. The normalized spacial score (nSPS) is 11.6. The first-order valence-electron chi connectivity index (χ1n) is 16.9.